The number of nitrogens with zero attached hydrogens (tertiary/aromatic N) is 2. The molecule has 0 aliphatic carbocycles. The molecule has 0 aromatic heterocycles. The minimum absolute atomic E-state index is 0.0368. The van der Waals surface area contributed by atoms with Crippen LogP contribution in [0.1, 0.15) is 43.9 Å². The fourth-order valence-electron chi connectivity index (χ4n) is 4.64. The summed E-state index contributed by atoms with van der Waals surface area (Å²) in [5.74, 6) is 0. The summed E-state index contributed by atoms with van der Waals surface area (Å²) in [7, 11) is 1.65. The second-order valence-electron chi connectivity index (χ2n) is 8.37. The van der Waals surface area contributed by atoms with Crippen LogP contribution in [0, 0.1) is 0 Å². The number of halogens is 3. The lowest BCUT2D eigenvalue weighted by molar-refractivity contribution is -0.137. The number of piperidine rings is 1. The summed E-state index contributed by atoms with van der Waals surface area (Å²) in [6, 6.07) is 5.82. The van der Waals surface area contributed by atoms with Gasteiger partial charge in [-0.3, -0.25) is 9.80 Å². The lowest BCUT2D eigenvalue weighted by Gasteiger charge is -2.51. The average Bonchev–Trinajstić information content (AvgIpc) is 2.66. The molecule has 1 aromatic carbocycles. The van der Waals surface area contributed by atoms with E-state index in [1.54, 1.807) is 19.2 Å². The number of hydrogen-bond donors (Lipinski definition) is 1. The van der Waals surface area contributed by atoms with Crippen molar-refractivity contribution in [2.75, 3.05) is 46.4 Å². The van der Waals surface area contributed by atoms with Gasteiger partial charge in [0.25, 0.3) is 0 Å². The van der Waals surface area contributed by atoms with Crippen LogP contribution in [0.15, 0.2) is 24.3 Å². The summed E-state index contributed by atoms with van der Waals surface area (Å²) in [6.45, 7) is 9.99. The maximum atomic E-state index is 12.9. The normalized spacial score (nSPS) is 25.6. The van der Waals surface area contributed by atoms with Crippen LogP contribution >= 0.6 is 0 Å². The lowest BCUT2D eigenvalue weighted by atomic mass is 9.87. The minimum atomic E-state index is -4.31. The first-order valence-corrected chi connectivity index (χ1v) is 10.1. The van der Waals surface area contributed by atoms with Crippen LogP contribution in [0.2, 0.25) is 0 Å². The quantitative estimate of drug-likeness (QED) is 0.820. The summed E-state index contributed by atoms with van der Waals surface area (Å²) in [6.07, 6.45) is -2.00. The van der Waals surface area contributed by atoms with Gasteiger partial charge >= 0.3 is 6.18 Å². The van der Waals surface area contributed by atoms with Crippen molar-refractivity contribution in [1.82, 2.24) is 15.1 Å². The molecule has 2 aliphatic rings. The predicted octanol–water partition coefficient (Wildman–Crippen LogP) is 3.54. The molecule has 28 heavy (non-hydrogen) atoms. The highest BCUT2D eigenvalue weighted by atomic mass is 19.4. The van der Waals surface area contributed by atoms with E-state index in [4.69, 9.17) is 4.74 Å². The molecule has 0 saturated carbocycles. The number of methoxy groups -OCH3 is 1. The van der Waals surface area contributed by atoms with E-state index in [-0.39, 0.29) is 11.6 Å². The van der Waals surface area contributed by atoms with Crippen LogP contribution in [0.3, 0.4) is 0 Å². The Kier molecular flexibility index (Phi) is 6.69. The fraction of sp³-hybridized carbons (Fsp3) is 0.714. The average molecular weight is 400 g/mol. The molecule has 158 valence electrons. The van der Waals surface area contributed by atoms with Crippen molar-refractivity contribution in [2.24, 2.45) is 0 Å². The van der Waals surface area contributed by atoms with Crippen molar-refractivity contribution >= 4 is 0 Å². The number of hydrogen-bond acceptors (Lipinski definition) is 4. The zero-order chi connectivity index (χ0) is 20.4. The lowest BCUT2D eigenvalue weighted by Crippen LogP contribution is -2.62. The Morgan fingerprint density at radius 3 is 2.36 bits per heavy atom. The van der Waals surface area contributed by atoms with E-state index in [0.29, 0.717) is 12.6 Å². The van der Waals surface area contributed by atoms with Gasteiger partial charge in [-0.05, 0) is 57.5 Å². The molecule has 1 aromatic rings. The molecular weight excluding hydrogens is 367 g/mol. The van der Waals surface area contributed by atoms with Crippen LogP contribution < -0.4 is 5.32 Å². The largest absolute Gasteiger partial charge is 0.416 e. The molecule has 4 nitrogen and oxygen atoms in total. The first-order valence-electron chi connectivity index (χ1n) is 10.1. The molecule has 2 aliphatic heterocycles. The molecular formula is C21H32F3N3O. The van der Waals surface area contributed by atoms with Crippen molar-refractivity contribution in [3.63, 3.8) is 0 Å². The molecule has 3 rings (SSSR count). The van der Waals surface area contributed by atoms with Crippen LogP contribution in [-0.4, -0.2) is 67.8 Å². The van der Waals surface area contributed by atoms with Gasteiger partial charge < -0.3 is 10.1 Å². The van der Waals surface area contributed by atoms with Gasteiger partial charge in [0, 0.05) is 38.3 Å². The third-order valence-corrected chi connectivity index (χ3v) is 6.47. The second kappa shape index (κ2) is 8.69. The second-order valence-corrected chi connectivity index (χ2v) is 8.37. The molecule has 0 spiro atoms. The summed E-state index contributed by atoms with van der Waals surface area (Å²) in [4.78, 5) is 4.98. The Hall–Kier alpha value is -1.15. The van der Waals surface area contributed by atoms with Crippen molar-refractivity contribution in [1.29, 1.82) is 0 Å². The molecule has 2 heterocycles. The summed E-state index contributed by atoms with van der Waals surface area (Å²) in [5, 5.41) is 3.44. The standard InChI is InChI=1S/C21H32F3N3O/c1-16-14-26(20(2)8-10-25-11-9-20)12-13-27(16)19(15-28-3)17-4-6-18(7-5-17)21(22,23)24/h4-7,16,19,25H,8-15H2,1-3H3/t16-,19?/m0/s1. The molecule has 2 fully saturated rings. The van der Waals surface area contributed by atoms with Gasteiger partial charge in [-0.2, -0.15) is 13.2 Å². The highest BCUT2D eigenvalue weighted by Gasteiger charge is 2.39. The van der Waals surface area contributed by atoms with Crippen LogP contribution in [-0.2, 0) is 10.9 Å². The van der Waals surface area contributed by atoms with Gasteiger partial charge in [0.15, 0.2) is 0 Å². The van der Waals surface area contributed by atoms with Gasteiger partial charge in [-0.25, -0.2) is 0 Å². The number of benzene rings is 1. The summed E-state index contributed by atoms with van der Waals surface area (Å²) in [5.41, 5.74) is 0.504. The molecule has 7 heteroatoms. The molecule has 2 atom stereocenters. The molecule has 0 radical (unpaired) electrons. The van der Waals surface area contributed by atoms with Crippen molar-refractivity contribution < 1.29 is 17.9 Å². The van der Waals surface area contributed by atoms with Crippen LogP contribution in [0.25, 0.3) is 0 Å². The van der Waals surface area contributed by atoms with Crippen molar-refractivity contribution in [3.8, 4) is 0 Å². The van der Waals surface area contributed by atoms with E-state index in [0.717, 1.165) is 51.1 Å². The Morgan fingerprint density at radius 2 is 1.82 bits per heavy atom. The number of piperazine rings is 1. The van der Waals surface area contributed by atoms with E-state index in [9.17, 15) is 13.2 Å². The first-order chi connectivity index (χ1) is 13.2. The zero-order valence-electron chi connectivity index (χ0n) is 17.1. The number of alkyl halides is 3. The molecule has 1 unspecified atom stereocenters. The monoisotopic (exact) mass is 399 g/mol. The maximum absolute atomic E-state index is 12.9. The summed E-state index contributed by atoms with van der Waals surface area (Å²) < 4.78 is 44.1. The van der Waals surface area contributed by atoms with E-state index in [2.05, 4.69) is 29.0 Å². The molecule has 0 amide bonds. The molecule has 1 N–H and O–H groups in total. The summed E-state index contributed by atoms with van der Waals surface area (Å²) >= 11 is 0. The maximum Gasteiger partial charge on any atom is 0.416 e. The van der Waals surface area contributed by atoms with Crippen LogP contribution in [0.4, 0.5) is 13.2 Å². The Bertz CT molecular complexity index is 629. The molecule has 0 bridgehead atoms. The SMILES string of the molecule is COCC(c1ccc(C(F)(F)F)cc1)N1CCN(C2(C)CCNCC2)C[C@@H]1C. The number of ether oxygens (including phenoxy) is 1. The Morgan fingerprint density at radius 1 is 1.18 bits per heavy atom. The van der Waals surface area contributed by atoms with Gasteiger partial charge in [0.2, 0.25) is 0 Å². The topological polar surface area (TPSA) is 27.7 Å². The van der Waals surface area contributed by atoms with Gasteiger partial charge in [-0.15, -0.1) is 0 Å². The van der Waals surface area contributed by atoms with E-state index in [1.165, 1.54) is 12.1 Å². The van der Waals surface area contributed by atoms with E-state index < -0.39 is 11.7 Å². The predicted molar refractivity (Wildman–Crippen MR) is 104 cm³/mol. The van der Waals surface area contributed by atoms with Crippen molar-refractivity contribution in [3.05, 3.63) is 35.4 Å². The number of rotatable bonds is 5. The highest BCUT2D eigenvalue weighted by molar-refractivity contribution is 5.27. The Balaban J connectivity index is 1.72. The van der Waals surface area contributed by atoms with Crippen LogP contribution in [0.5, 0.6) is 0 Å². The van der Waals surface area contributed by atoms with Gasteiger partial charge in [0.1, 0.15) is 0 Å². The highest BCUT2D eigenvalue weighted by Crippen LogP contribution is 2.34. The van der Waals surface area contributed by atoms with Crippen molar-refractivity contribution in [2.45, 2.75) is 50.5 Å². The minimum Gasteiger partial charge on any atom is -0.383 e. The first kappa shape index (κ1) is 21.6. The fourth-order valence-corrected chi connectivity index (χ4v) is 4.64. The zero-order valence-corrected chi connectivity index (χ0v) is 17.1. The third-order valence-electron chi connectivity index (χ3n) is 6.47. The molecule has 2 saturated heterocycles. The Labute approximate surface area is 166 Å². The van der Waals surface area contributed by atoms with Gasteiger partial charge in [-0.1, -0.05) is 12.1 Å². The van der Waals surface area contributed by atoms with E-state index >= 15 is 0 Å². The van der Waals surface area contributed by atoms with E-state index in [1.807, 2.05) is 0 Å². The van der Waals surface area contributed by atoms with Gasteiger partial charge in [0.05, 0.1) is 18.2 Å². The third kappa shape index (κ3) is 4.70. The number of nitrogens with one attached hydrogen (secondary N) is 1. The smallest absolute Gasteiger partial charge is 0.383 e.